The highest BCUT2D eigenvalue weighted by Crippen LogP contribution is 2.36. The summed E-state index contributed by atoms with van der Waals surface area (Å²) in [4.78, 5) is 23.8. The Morgan fingerprint density at radius 2 is 1.95 bits per heavy atom. The fourth-order valence-electron chi connectivity index (χ4n) is 5.62. The lowest BCUT2D eigenvalue weighted by Gasteiger charge is -2.33. The number of halogens is 1. The summed E-state index contributed by atoms with van der Waals surface area (Å²) in [6.45, 7) is 4.78. The first-order chi connectivity index (χ1) is 20.7. The van der Waals surface area contributed by atoms with Gasteiger partial charge in [0.05, 0.1) is 11.4 Å². The largest absolute Gasteiger partial charge is 0.457 e. The molecule has 1 aliphatic heterocycles. The second-order valence-corrected chi connectivity index (χ2v) is 11.7. The van der Waals surface area contributed by atoms with E-state index in [-0.39, 0.29) is 28.9 Å². The number of fused-ring (bicyclic) bond motifs is 1. The molecule has 1 atom stereocenters. The molecule has 220 valence electrons. The number of rotatable bonds is 8. The van der Waals surface area contributed by atoms with E-state index in [9.17, 15) is 10.1 Å². The van der Waals surface area contributed by atoms with Gasteiger partial charge in [-0.1, -0.05) is 18.2 Å². The average molecular weight is 581 g/mol. The van der Waals surface area contributed by atoms with Gasteiger partial charge in [-0.2, -0.15) is 10.4 Å². The third kappa shape index (κ3) is 6.05. The number of nitrogen functional groups attached to an aromatic ring is 1. The second-order valence-electron chi connectivity index (χ2n) is 11.7. The van der Waals surface area contributed by atoms with Gasteiger partial charge in [0, 0.05) is 36.3 Å². The standard InChI is InChI=1S/C32H33FN8O2/c1-32(2,38-21-10-11-21)16-20(17-34)31(42)40-14-6-7-22(18-40)41-30-27(29(35)36-19-37-30)28(39-41)25-13-12-24(15-26(25)33)43-23-8-4-3-5-9-23/h3-5,8-9,12-13,15-16,19,21-22,38H,6-7,10-11,14,18H2,1-2H3,(H2,35,36,37)/b20-16-/t22-/m0/s1. The number of amides is 1. The molecule has 4 aromatic rings. The number of nitrogens with two attached hydrogens (primary N) is 1. The quantitative estimate of drug-likeness (QED) is 0.216. The number of benzene rings is 2. The molecular formula is C32H33FN8O2. The van der Waals surface area contributed by atoms with E-state index in [1.807, 2.05) is 32.0 Å². The SMILES string of the molecule is CC(C)(/C=C(/C#N)C(=O)N1CCC[C@H](n2nc(-c3ccc(Oc4ccccc4)cc3F)c3c(N)ncnc32)C1)NC1CC1. The number of para-hydroxylation sites is 1. The molecule has 2 fully saturated rings. The molecule has 1 saturated heterocycles. The van der Waals surface area contributed by atoms with Crippen LogP contribution in [0.1, 0.15) is 45.6 Å². The van der Waals surface area contributed by atoms with Gasteiger partial charge in [0.15, 0.2) is 5.65 Å². The van der Waals surface area contributed by atoms with Crippen LogP contribution in [0.3, 0.4) is 0 Å². The zero-order valence-corrected chi connectivity index (χ0v) is 24.1. The minimum absolute atomic E-state index is 0.108. The minimum atomic E-state index is -0.532. The van der Waals surface area contributed by atoms with Crippen molar-refractivity contribution in [3.63, 3.8) is 0 Å². The number of aromatic nitrogens is 4. The third-order valence-electron chi connectivity index (χ3n) is 7.73. The Morgan fingerprint density at radius 3 is 2.67 bits per heavy atom. The Hall–Kier alpha value is -4.82. The van der Waals surface area contributed by atoms with Crippen molar-refractivity contribution in [3.05, 3.63) is 72.3 Å². The molecular weight excluding hydrogens is 547 g/mol. The zero-order chi connectivity index (χ0) is 30.1. The molecule has 0 radical (unpaired) electrons. The first-order valence-electron chi connectivity index (χ1n) is 14.4. The molecule has 1 saturated carbocycles. The van der Waals surface area contributed by atoms with Crippen LogP contribution < -0.4 is 15.8 Å². The summed E-state index contributed by atoms with van der Waals surface area (Å²) in [6, 6.07) is 16.0. The monoisotopic (exact) mass is 580 g/mol. The van der Waals surface area contributed by atoms with Crippen LogP contribution in [0.15, 0.2) is 66.5 Å². The summed E-state index contributed by atoms with van der Waals surface area (Å²) in [6.07, 6.45) is 6.70. The Labute approximate surface area is 249 Å². The molecule has 10 nitrogen and oxygen atoms in total. The molecule has 2 aromatic heterocycles. The maximum absolute atomic E-state index is 15.6. The normalized spacial score (nSPS) is 17.6. The summed E-state index contributed by atoms with van der Waals surface area (Å²) in [7, 11) is 0. The molecule has 3 N–H and O–H groups in total. The molecule has 0 spiro atoms. The molecule has 2 aromatic carbocycles. The molecule has 6 rings (SSSR count). The highest BCUT2D eigenvalue weighted by atomic mass is 19.1. The van der Waals surface area contributed by atoms with E-state index < -0.39 is 11.4 Å². The number of piperidine rings is 1. The predicted molar refractivity (Wildman–Crippen MR) is 160 cm³/mol. The number of anilines is 1. The smallest absolute Gasteiger partial charge is 0.264 e. The van der Waals surface area contributed by atoms with Gasteiger partial charge in [-0.15, -0.1) is 0 Å². The summed E-state index contributed by atoms with van der Waals surface area (Å²) < 4.78 is 23.1. The molecule has 1 aliphatic carbocycles. The summed E-state index contributed by atoms with van der Waals surface area (Å²) in [5.74, 6) is 0.270. The van der Waals surface area contributed by atoms with Crippen LogP contribution in [0.5, 0.6) is 11.5 Å². The van der Waals surface area contributed by atoms with Gasteiger partial charge in [0.25, 0.3) is 5.91 Å². The molecule has 3 heterocycles. The van der Waals surface area contributed by atoms with Crippen molar-refractivity contribution in [2.24, 2.45) is 0 Å². The highest BCUT2D eigenvalue weighted by Gasteiger charge is 2.33. The molecule has 2 aliphatic rings. The Balaban J connectivity index is 1.29. The van der Waals surface area contributed by atoms with E-state index in [2.05, 4.69) is 21.4 Å². The lowest BCUT2D eigenvalue weighted by molar-refractivity contribution is -0.128. The van der Waals surface area contributed by atoms with Crippen molar-refractivity contribution in [2.75, 3.05) is 18.8 Å². The fraction of sp³-hybridized carbons (Fsp3) is 0.344. The van der Waals surface area contributed by atoms with Gasteiger partial charge in [-0.3, -0.25) is 4.79 Å². The second kappa shape index (κ2) is 11.5. The van der Waals surface area contributed by atoms with Crippen LogP contribution in [-0.2, 0) is 4.79 Å². The molecule has 1 amide bonds. The van der Waals surface area contributed by atoms with Crippen LogP contribution in [0.25, 0.3) is 22.3 Å². The lowest BCUT2D eigenvalue weighted by atomic mass is 9.99. The van der Waals surface area contributed by atoms with Crippen LogP contribution >= 0.6 is 0 Å². The molecule has 0 bridgehead atoms. The van der Waals surface area contributed by atoms with Gasteiger partial charge < -0.3 is 20.7 Å². The first kappa shape index (κ1) is 28.3. The number of nitriles is 1. The topological polar surface area (TPSA) is 135 Å². The van der Waals surface area contributed by atoms with Gasteiger partial charge in [0.1, 0.15) is 46.8 Å². The molecule has 43 heavy (non-hydrogen) atoms. The number of nitrogens with one attached hydrogen (secondary N) is 1. The van der Waals surface area contributed by atoms with Crippen LogP contribution in [0.4, 0.5) is 10.2 Å². The maximum Gasteiger partial charge on any atom is 0.264 e. The number of ether oxygens (including phenoxy) is 1. The Morgan fingerprint density at radius 1 is 1.16 bits per heavy atom. The van der Waals surface area contributed by atoms with Crippen LogP contribution in [-0.4, -0.2) is 55.2 Å². The number of carbonyl (C=O) groups is 1. The van der Waals surface area contributed by atoms with Gasteiger partial charge in [0.2, 0.25) is 0 Å². The predicted octanol–water partition coefficient (Wildman–Crippen LogP) is 5.15. The van der Waals surface area contributed by atoms with Crippen LogP contribution in [0, 0.1) is 17.1 Å². The van der Waals surface area contributed by atoms with Crippen molar-refractivity contribution in [2.45, 2.75) is 57.2 Å². The summed E-state index contributed by atoms with van der Waals surface area (Å²) in [5.41, 5.74) is 6.91. The molecule has 11 heteroatoms. The van der Waals surface area contributed by atoms with E-state index in [0.29, 0.717) is 53.8 Å². The number of hydrogen-bond acceptors (Lipinski definition) is 8. The number of hydrogen-bond donors (Lipinski definition) is 2. The number of likely N-dealkylation sites (tertiary alicyclic amines) is 1. The van der Waals surface area contributed by atoms with Crippen LogP contribution in [0.2, 0.25) is 0 Å². The average Bonchev–Trinajstić information content (AvgIpc) is 3.72. The lowest BCUT2D eigenvalue weighted by Crippen LogP contribution is -2.43. The van der Waals surface area contributed by atoms with Crippen molar-refractivity contribution in [1.29, 1.82) is 5.26 Å². The minimum Gasteiger partial charge on any atom is -0.457 e. The van der Waals surface area contributed by atoms with Gasteiger partial charge in [-0.05, 0) is 69.9 Å². The van der Waals surface area contributed by atoms with Crippen molar-refractivity contribution >= 4 is 22.8 Å². The summed E-state index contributed by atoms with van der Waals surface area (Å²) in [5, 5.41) is 18.6. The summed E-state index contributed by atoms with van der Waals surface area (Å²) >= 11 is 0. The van der Waals surface area contributed by atoms with Crippen molar-refractivity contribution in [1.82, 2.24) is 30.0 Å². The Kier molecular flexibility index (Phi) is 7.54. The maximum atomic E-state index is 15.6. The zero-order valence-electron chi connectivity index (χ0n) is 24.1. The third-order valence-corrected chi connectivity index (χ3v) is 7.73. The van der Waals surface area contributed by atoms with Gasteiger partial charge >= 0.3 is 0 Å². The first-order valence-corrected chi connectivity index (χ1v) is 14.4. The van der Waals surface area contributed by atoms with Crippen molar-refractivity contribution < 1.29 is 13.9 Å². The fourth-order valence-corrected chi connectivity index (χ4v) is 5.62. The number of nitrogens with zero attached hydrogens (tertiary/aromatic N) is 6. The van der Waals surface area contributed by atoms with E-state index >= 15 is 4.39 Å². The Bertz CT molecular complexity index is 1740. The van der Waals surface area contributed by atoms with E-state index in [1.165, 1.54) is 12.4 Å². The van der Waals surface area contributed by atoms with E-state index in [0.717, 1.165) is 19.3 Å². The van der Waals surface area contributed by atoms with E-state index in [1.54, 1.807) is 39.9 Å². The van der Waals surface area contributed by atoms with Gasteiger partial charge in [-0.25, -0.2) is 19.0 Å². The molecule has 0 unspecified atom stereocenters. The highest BCUT2D eigenvalue weighted by molar-refractivity contribution is 5.99. The van der Waals surface area contributed by atoms with Crippen molar-refractivity contribution in [3.8, 4) is 28.8 Å². The van der Waals surface area contributed by atoms with E-state index in [4.69, 9.17) is 15.6 Å². The number of carbonyl (C=O) groups excluding carboxylic acids is 1.